The third-order valence-electron chi connectivity index (χ3n) is 0.364. The first-order valence-corrected chi connectivity index (χ1v) is 1.37. The van der Waals surface area contributed by atoms with Crippen LogP contribution in [0.15, 0.2) is 10.8 Å². The van der Waals surface area contributed by atoms with Crippen LogP contribution in [-0.2, 0) is 0 Å². The lowest BCUT2D eigenvalue weighted by molar-refractivity contribution is 0.375. The molecule has 2 nitrogen and oxygen atoms in total. The molecule has 0 amide bonds. The van der Waals surface area contributed by atoms with Gasteiger partial charge in [0, 0.05) is 0 Å². The van der Waals surface area contributed by atoms with Crippen LogP contribution in [0.2, 0.25) is 0 Å². The molecule has 0 aliphatic carbocycles. The van der Waals surface area contributed by atoms with E-state index in [0.717, 1.165) is 6.26 Å². The average molecular weight is 86.0 g/mol. The molecule has 0 saturated carbocycles. The fourth-order valence-electron chi connectivity index (χ4n) is 0.174. The van der Waals surface area contributed by atoms with Gasteiger partial charge in [-0.1, -0.05) is 0 Å². The Labute approximate surface area is 33.6 Å². The summed E-state index contributed by atoms with van der Waals surface area (Å²) in [5, 5.41) is 2.82. The first-order chi connectivity index (χ1) is 2.89. The number of halogens is 1. The van der Waals surface area contributed by atoms with Crippen molar-refractivity contribution in [3.8, 4) is 0 Å². The molecule has 0 spiro atoms. The molecule has 31 valence electrons. The molecule has 0 N–H and O–H groups in total. The Morgan fingerprint density at radius 1 is 2.00 bits per heavy atom. The Balaban J connectivity index is 3.05. The monoisotopic (exact) mass is 86.0 g/mol. The smallest absolute Gasteiger partial charge is 0.261 e. The van der Waals surface area contributed by atoms with Crippen LogP contribution >= 0.6 is 0 Å². The van der Waals surface area contributed by atoms with Crippen LogP contribution in [0.25, 0.3) is 0 Å². The highest BCUT2D eigenvalue weighted by Gasteiger charge is 1.85. The first-order valence-electron chi connectivity index (χ1n) is 1.37. The van der Waals surface area contributed by atoms with Crippen molar-refractivity contribution in [3.63, 3.8) is 0 Å². The SMILES string of the molecule is Fc1[c]con1. The molecule has 0 fully saturated rings. The van der Waals surface area contributed by atoms with E-state index in [0.29, 0.717) is 0 Å². The van der Waals surface area contributed by atoms with Crippen LogP contribution in [0, 0.1) is 12.0 Å². The predicted molar refractivity (Wildman–Crippen MR) is 15.3 cm³/mol. The summed E-state index contributed by atoms with van der Waals surface area (Å²) in [6.45, 7) is 0. The second kappa shape index (κ2) is 1.08. The fourth-order valence-corrected chi connectivity index (χ4v) is 0.174. The van der Waals surface area contributed by atoms with Gasteiger partial charge in [0.15, 0.2) is 0 Å². The van der Waals surface area contributed by atoms with E-state index in [1.807, 2.05) is 0 Å². The van der Waals surface area contributed by atoms with Crippen molar-refractivity contribution in [3.05, 3.63) is 18.3 Å². The quantitative estimate of drug-likeness (QED) is 0.462. The highest BCUT2D eigenvalue weighted by Crippen LogP contribution is 1.84. The van der Waals surface area contributed by atoms with Gasteiger partial charge in [0.25, 0.3) is 5.95 Å². The molecular weight excluding hydrogens is 85.0 g/mol. The van der Waals surface area contributed by atoms with Crippen molar-refractivity contribution in [2.24, 2.45) is 0 Å². The highest BCUT2D eigenvalue weighted by molar-refractivity contribution is 4.69. The molecular formula is C3HFNO. The molecule has 0 unspecified atom stereocenters. The molecule has 0 atom stereocenters. The molecule has 6 heavy (non-hydrogen) atoms. The molecule has 1 radical (unpaired) electrons. The summed E-state index contributed by atoms with van der Waals surface area (Å²) in [4.78, 5) is 0. The van der Waals surface area contributed by atoms with E-state index in [1.165, 1.54) is 0 Å². The van der Waals surface area contributed by atoms with Crippen molar-refractivity contribution >= 4 is 0 Å². The van der Waals surface area contributed by atoms with Gasteiger partial charge in [-0.3, -0.25) is 0 Å². The Hall–Kier alpha value is -0.860. The van der Waals surface area contributed by atoms with Crippen LogP contribution in [0.3, 0.4) is 0 Å². The van der Waals surface area contributed by atoms with Crippen molar-refractivity contribution in [2.75, 3.05) is 0 Å². The maximum Gasteiger partial charge on any atom is 0.261 e. The van der Waals surface area contributed by atoms with Gasteiger partial charge >= 0.3 is 0 Å². The largest absolute Gasteiger partial charge is 0.361 e. The van der Waals surface area contributed by atoms with Gasteiger partial charge in [0.1, 0.15) is 6.26 Å². The molecule has 0 bridgehead atoms. The van der Waals surface area contributed by atoms with Gasteiger partial charge in [-0.05, 0) is 5.16 Å². The van der Waals surface area contributed by atoms with Crippen LogP contribution in [0.5, 0.6) is 0 Å². The number of rotatable bonds is 0. The zero-order valence-electron chi connectivity index (χ0n) is 2.81. The summed E-state index contributed by atoms with van der Waals surface area (Å²) in [6.07, 6.45) is 1.05. The molecule has 1 rings (SSSR count). The van der Waals surface area contributed by atoms with Gasteiger partial charge < -0.3 is 4.52 Å². The third-order valence-corrected chi connectivity index (χ3v) is 0.364. The van der Waals surface area contributed by atoms with E-state index in [9.17, 15) is 4.39 Å². The minimum Gasteiger partial charge on any atom is -0.361 e. The lowest BCUT2D eigenvalue weighted by Crippen LogP contribution is -1.61. The molecule has 1 aromatic rings. The lowest BCUT2D eigenvalue weighted by Gasteiger charge is -1.56. The first kappa shape index (κ1) is 3.33. The molecule has 0 aliphatic rings. The summed E-state index contributed by atoms with van der Waals surface area (Å²) < 4.78 is 15.4. The predicted octanol–water partition coefficient (Wildman–Crippen LogP) is 0.614. The Morgan fingerprint density at radius 2 is 2.83 bits per heavy atom. The molecule has 0 saturated heterocycles. The third kappa shape index (κ3) is 0.381. The van der Waals surface area contributed by atoms with Crippen molar-refractivity contribution in [2.45, 2.75) is 0 Å². The molecule has 1 heterocycles. The second-order valence-electron chi connectivity index (χ2n) is 0.750. The fraction of sp³-hybridized carbons (Fsp3) is 0. The van der Waals surface area contributed by atoms with Crippen LogP contribution in [0.4, 0.5) is 4.39 Å². The van der Waals surface area contributed by atoms with Crippen molar-refractivity contribution < 1.29 is 8.91 Å². The summed E-state index contributed by atoms with van der Waals surface area (Å²) >= 11 is 0. The standard InChI is InChI=1S/C3HFNO/c4-3-1-2-6-5-3/h2H. The summed E-state index contributed by atoms with van der Waals surface area (Å²) in [5.41, 5.74) is 0. The molecule has 1 aromatic heterocycles. The normalized spacial score (nSPS) is 8.83. The Morgan fingerprint density at radius 3 is 3.00 bits per heavy atom. The number of hydrogen-bond donors (Lipinski definition) is 0. The van der Waals surface area contributed by atoms with E-state index >= 15 is 0 Å². The van der Waals surface area contributed by atoms with Gasteiger partial charge in [0.2, 0.25) is 0 Å². The zero-order valence-corrected chi connectivity index (χ0v) is 2.81. The molecule has 3 heteroatoms. The van der Waals surface area contributed by atoms with Gasteiger partial charge in [-0.15, -0.1) is 0 Å². The maximum atomic E-state index is 11.4. The number of aromatic nitrogens is 1. The molecule has 0 aliphatic heterocycles. The summed E-state index contributed by atoms with van der Waals surface area (Å²) in [7, 11) is 0. The average Bonchev–Trinajstić information content (AvgIpc) is 1.86. The summed E-state index contributed by atoms with van der Waals surface area (Å²) in [5.74, 6) is -0.699. The Kier molecular flexibility index (Phi) is 0.602. The van der Waals surface area contributed by atoms with Crippen molar-refractivity contribution in [1.29, 1.82) is 0 Å². The van der Waals surface area contributed by atoms with Crippen LogP contribution in [0.1, 0.15) is 0 Å². The van der Waals surface area contributed by atoms with Crippen LogP contribution < -0.4 is 0 Å². The molecule has 0 aromatic carbocycles. The lowest BCUT2D eigenvalue weighted by atomic mass is 10.7. The number of nitrogens with zero attached hydrogens (tertiary/aromatic N) is 1. The second-order valence-corrected chi connectivity index (χ2v) is 0.750. The van der Waals surface area contributed by atoms with Gasteiger partial charge in [-0.25, -0.2) is 0 Å². The zero-order chi connectivity index (χ0) is 4.41. The van der Waals surface area contributed by atoms with Gasteiger partial charge in [-0.2, -0.15) is 4.39 Å². The van der Waals surface area contributed by atoms with Crippen molar-refractivity contribution in [1.82, 2.24) is 5.16 Å². The Bertz CT molecular complexity index is 114. The summed E-state index contributed by atoms with van der Waals surface area (Å²) in [6, 6.07) is 2.06. The van der Waals surface area contributed by atoms with E-state index in [1.54, 1.807) is 0 Å². The van der Waals surface area contributed by atoms with E-state index < -0.39 is 5.95 Å². The maximum absolute atomic E-state index is 11.4. The van der Waals surface area contributed by atoms with Gasteiger partial charge in [0.05, 0.1) is 6.07 Å². The van der Waals surface area contributed by atoms with E-state index in [-0.39, 0.29) is 0 Å². The van der Waals surface area contributed by atoms with Crippen LogP contribution in [-0.4, -0.2) is 5.16 Å². The van der Waals surface area contributed by atoms with E-state index in [4.69, 9.17) is 0 Å². The topological polar surface area (TPSA) is 26.0 Å². The highest BCUT2D eigenvalue weighted by atomic mass is 19.1. The minimum absolute atomic E-state index is 0.699. The number of hydrogen-bond acceptors (Lipinski definition) is 2. The minimum atomic E-state index is -0.699. The van der Waals surface area contributed by atoms with E-state index in [2.05, 4.69) is 15.7 Å².